The van der Waals surface area contributed by atoms with Crippen LogP contribution >= 0.6 is 11.8 Å². The number of nitrogens with one attached hydrogen (secondary N) is 2. The third-order valence-electron chi connectivity index (χ3n) is 2.52. The number of carbonyl (C=O) groups excluding carboxylic acids is 2. The molecule has 2 unspecified atom stereocenters. The topological polar surface area (TPSA) is 95.5 Å². The van der Waals surface area contributed by atoms with Crippen molar-refractivity contribution >= 4 is 28.9 Å². The Labute approximate surface area is 104 Å². The van der Waals surface area contributed by atoms with E-state index in [2.05, 4.69) is 10.6 Å². The molecule has 0 saturated carbocycles. The zero-order valence-corrected chi connectivity index (χ0v) is 10.4. The first-order valence-electron chi connectivity index (χ1n) is 5.44. The molecule has 96 valence electrons. The van der Waals surface area contributed by atoms with E-state index in [9.17, 15) is 14.4 Å². The molecule has 17 heavy (non-hydrogen) atoms. The average Bonchev–Trinajstić information content (AvgIpc) is 2.70. The zero-order chi connectivity index (χ0) is 12.8. The third-order valence-corrected chi connectivity index (χ3v) is 3.40. The molecule has 6 nitrogen and oxygen atoms in total. The summed E-state index contributed by atoms with van der Waals surface area (Å²) in [4.78, 5) is 32.9. The van der Waals surface area contributed by atoms with E-state index >= 15 is 0 Å². The van der Waals surface area contributed by atoms with Crippen LogP contribution in [0, 0.1) is 5.92 Å². The van der Waals surface area contributed by atoms with E-state index in [4.69, 9.17) is 5.11 Å². The minimum Gasteiger partial charge on any atom is -0.481 e. The fraction of sp³-hybridized carbons (Fsp3) is 0.700. The van der Waals surface area contributed by atoms with Crippen molar-refractivity contribution in [1.82, 2.24) is 10.6 Å². The zero-order valence-electron chi connectivity index (χ0n) is 9.56. The van der Waals surface area contributed by atoms with E-state index in [0.29, 0.717) is 25.1 Å². The summed E-state index contributed by atoms with van der Waals surface area (Å²) in [5.41, 5.74) is 0. The van der Waals surface area contributed by atoms with Crippen LogP contribution in [0.5, 0.6) is 0 Å². The van der Waals surface area contributed by atoms with Crippen LogP contribution in [-0.4, -0.2) is 40.6 Å². The van der Waals surface area contributed by atoms with Crippen molar-refractivity contribution < 1.29 is 19.5 Å². The summed E-state index contributed by atoms with van der Waals surface area (Å²) in [5.74, 6) is -0.966. The van der Waals surface area contributed by atoms with Crippen molar-refractivity contribution in [3.05, 3.63) is 0 Å². The Morgan fingerprint density at radius 1 is 1.65 bits per heavy atom. The molecule has 0 aromatic heterocycles. The van der Waals surface area contributed by atoms with Gasteiger partial charge in [-0.1, -0.05) is 18.7 Å². The molecule has 2 amide bonds. The molecule has 1 aliphatic rings. The Hall–Kier alpha value is -1.24. The number of rotatable bonds is 6. The van der Waals surface area contributed by atoms with Crippen LogP contribution in [0.2, 0.25) is 0 Å². The van der Waals surface area contributed by atoms with Crippen LogP contribution in [0.4, 0.5) is 4.79 Å². The molecule has 0 bridgehead atoms. The van der Waals surface area contributed by atoms with Gasteiger partial charge in [0, 0.05) is 12.3 Å². The van der Waals surface area contributed by atoms with Gasteiger partial charge in [-0.05, 0) is 12.8 Å². The van der Waals surface area contributed by atoms with Crippen molar-refractivity contribution in [1.29, 1.82) is 0 Å². The van der Waals surface area contributed by atoms with Crippen molar-refractivity contribution in [3.8, 4) is 0 Å². The summed E-state index contributed by atoms with van der Waals surface area (Å²) in [6.07, 6.45) is 1.15. The van der Waals surface area contributed by atoms with Gasteiger partial charge in [0.25, 0.3) is 5.24 Å². The van der Waals surface area contributed by atoms with Gasteiger partial charge < -0.3 is 15.7 Å². The summed E-state index contributed by atoms with van der Waals surface area (Å²) in [7, 11) is 0. The molecule has 1 heterocycles. The number of aliphatic carboxylic acids is 1. The Balaban J connectivity index is 2.12. The van der Waals surface area contributed by atoms with E-state index in [1.165, 1.54) is 0 Å². The number of thioether (sulfide) groups is 1. The molecule has 2 atom stereocenters. The van der Waals surface area contributed by atoms with Gasteiger partial charge in [-0.15, -0.1) is 0 Å². The number of carboxylic acid groups (broad SMARTS) is 1. The number of amides is 2. The van der Waals surface area contributed by atoms with E-state index in [-0.39, 0.29) is 11.1 Å². The van der Waals surface area contributed by atoms with Gasteiger partial charge in [-0.3, -0.25) is 14.4 Å². The van der Waals surface area contributed by atoms with E-state index < -0.39 is 17.9 Å². The maximum absolute atomic E-state index is 11.5. The highest BCUT2D eigenvalue weighted by Crippen LogP contribution is 2.12. The number of hydrogen-bond acceptors (Lipinski definition) is 4. The molecule has 0 aromatic carbocycles. The highest BCUT2D eigenvalue weighted by Gasteiger charge is 2.27. The predicted molar refractivity (Wildman–Crippen MR) is 63.8 cm³/mol. The molecule has 7 heteroatoms. The van der Waals surface area contributed by atoms with E-state index in [1.54, 1.807) is 6.92 Å². The standard InChI is InChI=1S/C10H16N2O4S/c1-6(9(14)15)3-2-4-11-8(13)7-5-17-10(16)12-7/h6-7H,2-5H2,1H3,(H,11,13)(H,12,16)(H,14,15). The van der Waals surface area contributed by atoms with E-state index in [1.807, 2.05) is 0 Å². The molecule has 0 aromatic rings. The molecular weight excluding hydrogens is 244 g/mol. The molecule has 3 N–H and O–H groups in total. The lowest BCUT2D eigenvalue weighted by Crippen LogP contribution is -2.43. The van der Waals surface area contributed by atoms with Gasteiger partial charge in [0.15, 0.2) is 0 Å². The third kappa shape index (κ3) is 4.64. The molecule has 1 fully saturated rings. The second kappa shape index (κ2) is 6.48. The van der Waals surface area contributed by atoms with Gasteiger partial charge in [-0.2, -0.15) is 0 Å². The predicted octanol–water partition coefficient (Wildman–Crippen LogP) is 0.428. The molecule has 1 saturated heterocycles. The maximum atomic E-state index is 11.5. The fourth-order valence-corrected chi connectivity index (χ4v) is 2.17. The SMILES string of the molecule is CC(CCCNC(=O)C1CSC(=O)N1)C(=O)O. The number of hydrogen-bond donors (Lipinski definition) is 3. The first-order chi connectivity index (χ1) is 8.00. The van der Waals surface area contributed by atoms with Crippen LogP contribution in [0.25, 0.3) is 0 Å². The highest BCUT2D eigenvalue weighted by atomic mass is 32.2. The average molecular weight is 260 g/mol. The molecule has 0 spiro atoms. The van der Waals surface area contributed by atoms with Crippen LogP contribution in [-0.2, 0) is 9.59 Å². The molecule has 0 radical (unpaired) electrons. The lowest BCUT2D eigenvalue weighted by atomic mass is 10.1. The summed E-state index contributed by atoms with van der Waals surface area (Å²) in [5, 5.41) is 13.7. The minimum atomic E-state index is -0.823. The van der Waals surface area contributed by atoms with Crippen LogP contribution < -0.4 is 10.6 Å². The van der Waals surface area contributed by atoms with Crippen molar-refractivity contribution in [2.45, 2.75) is 25.8 Å². The van der Waals surface area contributed by atoms with Gasteiger partial charge in [0.2, 0.25) is 5.91 Å². The number of carbonyl (C=O) groups is 3. The monoisotopic (exact) mass is 260 g/mol. The normalized spacial score (nSPS) is 20.8. The van der Waals surface area contributed by atoms with Crippen LogP contribution in [0.3, 0.4) is 0 Å². The Morgan fingerprint density at radius 3 is 2.88 bits per heavy atom. The van der Waals surface area contributed by atoms with Crippen LogP contribution in [0.1, 0.15) is 19.8 Å². The molecule has 1 rings (SSSR count). The van der Waals surface area contributed by atoms with Crippen molar-refractivity contribution in [2.24, 2.45) is 5.92 Å². The molecular formula is C10H16N2O4S. The largest absolute Gasteiger partial charge is 0.481 e. The summed E-state index contributed by atoms with van der Waals surface area (Å²) >= 11 is 1.09. The van der Waals surface area contributed by atoms with Gasteiger partial charge >= 0.3 is 5.97 Å². The van der Waals surface area contributed by atoms with Crippen molar-refractivity contribution in [2.75, 3.05) is 12.3 Å². The minimum absolute atomic E-state index is 0.176. The quantitative estimate of drug-likeness (QED) is 0.602. The lowest BCUT2D eigenvalue weighted by molar-refractivity contribution is -0.141. The summed E-state index contributed by atoms with van der Waals surface area (Å²) < 4.78 is 0. The summed E-state index contributed by atoms with van der Waals surface area (Å²) in [6, 6.07) is -0.454. The second-order valence-corrected chi connectivity index (χ2v) is 4.96. The Bertz CT molecular complexity index is 321. The Kier molecular flexibility index (Phi) is 5.27. The van der Waals surface area contributed by atoms with Gasteiger partial charge in [0.05, 0.1) is 5.92 Å². The van der Waals surface area contributed by atoms with Gasteiger partial charge in [0.1, 0.15) is 6.04 Å². The fourth-order valence-electron chi connectivity index (χ4n) is 1.39. The second-order valence-electron chi connectivity index (χ2n) is 3.97. The molecule has 0 aliphatic carbocycles. The maximum Gasteiger partial charge on any atom is 0.306 e. The van der Waals surface area contributed by atoms with Crippen molar-refractivity contribution in [3.63, 3.8) is 0 Å². The van der Waals surface area contributed by atoms with Crippen LogP contribution in [0.15, 0.2) is 0 Å². The highest BCUT2D eigenvalue weighted by molar-refractivity contribution is 8.14. The smallest absolute Gasteiger partial charge is 0.306 e. The number of carboxylic acids is 1. The van der Waals surface area contributed by atoms with E-state index in [0.717, 1.165) is 11.8 Å². The lowest BCUT2D eigenvalue weighted by Gasteiger charge is -2.10. The first-order valence-corrected chi connectivity index (χ1v) is 6.43. The van der Waals surface area contributed by atoms with Gasteiger partial charge in [-0.25, -0.2) is 0 Å². The first kappa shape index (κ1) is 13.8. The molecule has 1 aliphatic heterocycles. The Morgan fingerprint density at radius 2 is 2.35 bits per heavy atom. The summed E-state index contributed by atoms with van der Waals surface area (Å²) in [6.45, 7) is 2.07.